The molecule has 1 atom stereocenters. The fraction of sp³-hybridized carbons (Fsp3) is 0.923. The van der Waals surface area contributed by atoms with Gasteiger partial charge in [0.25, 0.3) is 0 Å². The van der Waals surface area contributed by atoms with E-state index in [0.29, 0.717) is 13.2 Å². The Morgan fingerprint density at radius 1 is 1.21 bits per heavy atom. The molecule has 6 nitrogen and oxygen atoms in total. The third-order valence-corrected chi connectivity index (χ3v) is 3.31. The molecule has 0 amide bonds. The largest absolute Gasteiger partial charge is 0.381 e. The van der Waals surface area contributed by atoms with Crippen molar-refractivity contribution in [3.8, 4) is 0 Å². The Hall–Kier alpha value is -0.850. The Kier molecular flexibility index (Phi) is 5.42. The zero-order valence-corrected chi connectivity index (χ0v) is 11.9. The van der Waals surface area contributed by atoms with E-state index in [4.69, 9.17) is 14.2 Å². The molecule has 2 fully saturated rings. The number of hydrogen-bond acceptors (Lipinski definition) is 4. The third kappa shape index (κ3) is 4.06. The second kappa shape index (κ2) is 7.07. The number of guanidine groups is 1. The van der Waals surface area contributed by atoms with E-state index in [-0.39, 0.29) is 6.10 Å². The first kappa shape index (κ1) is 14.6. The van der Waals surface area contributed by atoms with Gasteiger partial charge in [0.05, 0.1) is 26.4 Å². The highest BCUT2D eigenvalue weighted by atomic mass is 16.7. The van der Waals surface area contributed by atoms with Gasteiger partial charge in [-0.1, -0.05) is 0 Å². The smallest absolute Gasteiger partial charge is 0.191 e. The lowest BCUT2D eigenvalue weighted by molar-refractivity contribution is -0.210. The van der Waals surface area contributed by atoms with E-state index < -0.39 is 5.79 Å². The molecule has 1 unspecified atom stereocenters. The maximum absolute atomic E-state index is 6.03. The summed E-state index contributed by atoms with van der Waals surface area (Å²) < 4.78 is 17.2. The van der Waals surface area contributed by atoms with E-state index in [2.05, 4.69) is 29.5 Å². The summed E-state index contributed by atoms with van der Waals surface area (Å²) in [5.74, 6) is 0.427. The van der Waals surface area contributed by atoms with Crippen molar-refractivity contribution in [3.63, 3.8) is 0 Å². The highest BCUT2D eigenvalue weighted by Crippen LogP contribution is 2.33. The molecule has 2 N–H and O–H groups in total. The van der Waals surface area contributed by atoms with Gasteiger partial charge in [0.2, 0.25) is 0 Å². The Morgan fingerprint density at radius 3 is 2.53 bits per heavy atom. The van der Waals surface area contributed by atoms with Gasteiger partial charge < -0.3 is 24.8 Å². The Bertz CT molecular complexity index is 296. The Morgan fingerprint density at radius 2 is 1.89 bits per heavy atom. The van der Waals surface area contributed by atoms with Crippen molar-refractivity contribution in [1.82, 2.24) is 10.6 Å². The molecule has 2 heterocycles. The number of rotatable bonds is 4. The van der Waals surface area contributed by atoms with E-state index in [1.54, 1.807) is 0 Å². The minimum absolute atomic E-state index is 0.0467. The van der Waals surface area contributed by atoms with Crippen LogP contribution in [0.15, 0.2) is 4.99 Å². The van der Waals surface area contributed by atoms with Gasteiger partial charge in [-0.2, -0.15) is 0 Å². The number of ether oxygens (including phenoxy) is 3. The van der Waals surface area contributed by atoms with Crippen LogP contribution in [0.5, 0.6) is 0 Å². The van der Waals surface area contributed by atoms with Crippen molar-refractivity contribution in [1.29, 1.82) is 0 Å². The van der Waals surface area contributed by atoms with Crippen LogP contribution in [0, 0.1) is 0 Å². The minimum atomic E-state index is -0.408. The molecule has 6 heteroatoms. The third-order valence-electron chi connectivity index (χ3n) is 3.31. The van der Waals surface area contributed by atoms with Crippen LogP contribution in [-0.2, 0) is 14.2 Å². The first-order valence-corrected chi connectivity index (χ1v) is 7.19. The molecule has 0 bridgehead atoms. The molecular formula is C13H25N3O3. The van der Waals surface area contributed by atoms with Crippen LogP contribution in [0.1, 0.15) is 26.7 Å². The lowest BCUT2D eigenvalue weighted by Crippen LogP contribution is -2.39. The first-order chi connectivity index (χ1) is 9.28. The van der Waals surface area contributed by atoms with E-state index >= 15 is 0 Å². The van der Waals surface area contributed by atoms with Crippen molar-refractivity contribution in [2.45, 2.75) is 38.6 Å². The predicted octanol–water partition coefficient (Wildman–Crippen LogP) is 0.484. The molecule has 0 aromatic carbocycles. The summed E-state index contributed by atoms with van der Waals surface area (Å²) in [4.78, 5) is 4.52. The molecule has 110 valence electrons. The van der Waals surface area contributed by atoms with Crippen molar-refractivity contribution in [3.05, 3.63) is 0 Å². The summed E-state index contributed by atoms with van der Waals surface area (Å²) in [5, 5.41) is 6.40. The van der Waals surface area contributed by atoms with Gasteiger partial charge in [-0.15, -0.1) is 0 Å². The number of nitrogens with one attached hydrogen (secondary N) is 2. The predicted molar refractivity (Wildman–Crippen MR) is 73.3 cm³/mol. The quantitative estimate of drug-likeness (QED) is 0.575. The average Bonchev–Trinajstić information content (AvgIpc) is 2.80. The zero-order chi connectivity index (χ0) is 13.6. The second-order valence-electron chi connectivity index (χ2n) is 4.82. The van der Waals surface area contributed by atoms with Gasteiger partial charge in [-0.05, 0) is 13.8 Å². The van der Waals surface area contributed by atoms with Crippen LogP contribution in [0.2, 0.25) is 0 Å². The molecule has 0 aromatic rings. The van der Waals surface area contributed by atoms with Gasteiger partial charge in [-0.25, -0.2) is 0 Å². The molecule has 2 aliphatic heterocycles. The van der Waals surface area contributed by atoms with Gasteiger partial charge in [-0.3, -0.25) is 4.99 Å². The van der Waals surface area contributed by atoms with Gasteiger partial charge >= 0.3 is 0 Å². The molecule has 0 aromatic heterocycles. The SMILES string of the molecule is CCNC(=NCC1COC2(CCOCC2)O1)NCC. The fourth-order valence-corrected chi connectivity index (χ4v) is 2.35. The standard InChI is InChI=1S/C13H25N3O3/c1-3-14-12(15-4-2)16-9-11-10-18-13(19-11)5-7-17-8-6-13/h11H,3-10H2,1-2H3,(H2,14,15,16). The lowest BCUT2D eigenvalue weighted by Gasteiger charge is -2.31. The maximum Gasteiger partial charge on any atom is 0.191 e. The summed E-state index contributed by atoms with van der Waals surface area (Å²) >= 11 is 0. The summed E-state index contributed by atoms with van der Waals surface area (Å²) in [6.07, 6.45) is 1.69. The highest BCUT2D eigenvalue weighted by molar-refractivity contribution is 5.79. The van der Waals surface area contributed by atoms with Gasteiger partial charge in [0, 0.05) is 25.9 Å². The highest BCUT2D eigenvalue weighted by Gasteiger charge is 2.42. The molecule has 19 heavy (non-hydrogen) atoms. The maximum atomic E-state index is 6.03. The summed E-state index contributed by atoms with van der Waals surface area (Å²) in [7, 11) is 0. The van der Waals surface area contributed by atoms with Crippen LogP contribution >= 0.6 is 0 Å². The fourth-order valence-electron chi connectivity index (χ4n) is 2.35. The van der Waals surface area contributed by atoms with Crippen molar-refractivity contribution in [2.24, 2.45) is 4.99 Å². The summed E-state index contributed by atoms with van der Waals surface area (Å²) in [5.41, 5.74) is 0. The molecule has 2 rings (SSSR count). The van der Waals surface area contributed by atoms with E-state index in [0.717, 1.165) is 45.1 Å². The molecule has 2 saturated heterocycles. The normalized spacial score (nSPS) is 25.3. The molecule has 1 spiro atoms. The molecule has 0 radical (unpaired) electrons. The van der Waals surface area contributed by atoms with E-state index in [1.165, 1.54) is 0 Å². The second-order valence-corrected chi connectivity index (χ2v) is 4.82. The lowest BCUT2D eigenvalue weighted by atomic mass is 10.1. The molecule has 0 aliphatic carbocycles. The van der Waals surface area contributed by atoms with Crippen molar-refractivity contribution in [2.75, 3.05) is 39.5 Å². The first-order valence-electron chi connectivity index (χ1n) is 7.19. The average molecular weight is 271 g/mol. The van der Waals surface area contributed by atoms with Gasteiger partial charge in [0.1, 0.15) is 6.10 Å². The van der Waals surface area contributed by atoms with Crippen molar-refractivity contribution >= 4 is 5.96 Å². The van der Waals surface area contributed by atoms with Crippen molar-refractivity contribution < 1.29 is 14.2 Å². The Labute approximate surface area is 114 Å². The zero-order valence-electron chi connectivity index (χ0n) is 11.9. The number of nitrogens with zero attached hydrogens (tertiary/aromatic N) is 1. The Balaban J connectivity index is 1.81. The summed E-state index contributed by atoms with van der Waals surface area (Å²) in [6.45, 7) is 8.50. The van der Waals surface area contributed by atoms with Crippen LogP contribution in [0.3, 0.4) is 0 Å². The van der Waals surface area contributed by atoms with Crippen LogP contribution in [0.4, 0.5) is 0 Å². The van der Waals surface area contributed by atoms with E-state index in [1.807, 2.05) is 0 Å². The van der Waals surface area contributed by atoms with Gasteiger partial charge in [0.15, 0.2) is 11.7 Å². The van der Waals surface area contributed by atoms with Crippen LogP contribution in [0.25, 0.3) is 0 Å². The molecular weight excluding hydrogens is 246 g/mol. The van der Waals surface area contributed by atoms with Crippen LogP contribution in [-0.4, -0.2) is 57.3 Å². The molecule has 0 saturated carbocycles. The monoisotopic (exact) mass is 271 g/mol. The number of hydrogen-bond donors (Lipinski definition) is 2. The molecule has 2 aliphatic rings. The van der Waals surface area contributed by atoms with Crippen LogP contribution < -0.4 is 10.6 Å². The summed E-state index contributed by atoms with van der Waals surface area (Å²) in [6, 6.07) is 0. The number of aliphatic imine (C=N–C) groups is 1. The minimum Gasteiger partial charge on any atom is -0.381 e. The van der Waals surface area contributed by atoms with E-state index in [9.17, 15) is 0 Å². The topological polar surface area (TPSA) is 64.1 Å².